The van der Waals surface area contributed by atoms with E-state index in [0.29, 0.717) is 24.0 Å². The zero-order valence-electron chi connectivity index (χ0n) is 15.1. The summed E-state index contributed by atoms with van der Waals surface area (Å²) in [6.07, 6.45) is 8.06. The fourth-order valence-corrected chi connectivity index (χ4v) is 6.54. The minimum absolute atomic E-state index is 0.0368. The van der Waals surface area contributed by atoms with E-state index in [1.807, 2.05) is 12.1 Å². The van der Waals surface area contributed by atoms with Gasteiger partial charge >= 0.3 is 0 Å². The van der Waals surface area contributed by atoms with Gasteiger partial charge in [-0.1, -0.05) is 0 Å². The Labute approximate surface area is 154 Å². The van der Waals surface area contributed by atoms with Crippen LogP contribution in [0.5, 0.6) is 0 Å². The van der Waals surface area contributed by atoms with Gasteiger partial charge in [-0.3, -0.25) is 4.79 Å². The van der Waals surface area contributed by atoms with Crippen LogP contribution in [0.2, 0.25) is 0 Å². The lowest BCUT2D eigenvalue weighted by Gasteiger charge is -2.50. The first-order valence-electron chi connectivity index (χ1n) is 10.3. The summed E-state index contributed by atoms with van der Waals surface area (Å²) < 4.78 is 5.68. The van der Waals surface area contributed by atoms with Gasteiger partial charge in [-0.15, -0.1) is 0 Å². The first-order chi connectivity index (χ1) is 12.7. The molecule has 6 aliphatic rings. The molecule has 1 aromatic rings. The second kappa shape index (κ2) is 5.66. The average molecular weight is 350 g/mol. The molecule has 6 bridgehead atoms. The predicted molar refractivity (Wildman–Crippen MR) is 101 cm³/mol. The van der Waals surface area contributed by atoms with Crippen molar-refractivity contribution >= 4 is 17.3 Å². The van der Waals surface area contributed by atoms with Crippen molar-refractivity contribution in [2.24, 2.45) is 28.7 Å². The maximum atomic E-state index is 12.8. The Morgan fingerprint density at radius 2 is 1.65 bits per heavy atom. The predicted octanol–water partition coefficient (Wildman–Crippen LogP) is 3.70. The molecule has 0 spiro atoms. The third kappa shape index (κ3) is 2.38. The number of aliphatic imine (C=N–C) groups is 1. The van der Waals surface area contributed by atoms with Crippen molar-refractivity contribution in [3.8, 4) is 0 Å². The summed E-state index contributed by atoms with van der Waals surface area (Å²) in [5.74, 6) is 2.96. The van der Waals surface area contributed by atoms with E-state index in [2.05, 4.69) is 22.0 Å². The number of carbonyl (C=O) groups is 1. The van der Waals surface area contributed by atoms with Crippen molar-refractivity contribution in [2.45, 2.75) is 50.7 Å². The highest BCUT2D eigenvalue weighted by Gasteiger charge is 2.46. The molecule has 4 nitrogen and oxygen atoms in total. The van der Waals surface area contributed by atoms with Gasteiger partial charge in [-0.05, 0) is 86.5 Å². The number of hydrogen-bond donors (Lipinski definition) is 0. The lowest BCUT2D eigenvalue weighted by atomic mass is 9.55. The van der Waals surface area contributed by atoms with Crippen molar-refractivity contribution < 1.29 is 9.53 Å². The second-order valence-electron chi connectivity index (χ2n) is 9.19. The summed E-state index contributed by atoms with van der Waals surface area (Å²) in [4.78, 5) is 19.9. The van der Waals surface area contributed by atoms with Gasteiger partial charge in [0, 0.05) is 23.5 Å². The fraction of sp³-hybridized carbons (Fsp3) is 0.636. The SMILES string of the molecule is O=C(N=C1C2CC3CC(C2)CC1C3)c1ccc(N2CC3CC2CO3)cc1. The Bertz CT molecular complexity index is 739. The number of fused-ring (bicyclic) bond motifs is 2. The molecule has 0 radical (unpaired) electrons. The number of nitrogens with zero attached hydrogens (tertiary/aromatic N) is 2. The van der Waals surface area contributed by atoms with Crippen molar-refractivity contribution in [2.75, 3.05) is 18.1 Å². The van der Waals surface area contributed by atoms with E-state index in [1.165, 1.54) is 43.5 Å². The van der Waals surface area contributed by atoms with Crippen LogP contribution >= 0.6 is 0 Å². The van der Waals surface area contributed by atoms with E-state index in [4.69, 9.17) is 4.74 Å². The maximum Gasteiger partial charge on any atom is 0.276 e. The van der Waals surface area contributed by atoms with Crippen LogP contribution < -0.4 is 4.90 Å². The molecule has 136 valence electrons. The molecule has 2 saturated heterocycles. The molecular weight excluding hydrogens is 324 g/mol. The van der Waals surface area contributed by atoms with Gasteiger partial charge in [0.25, 0.3) is 5.91 Å². The molecule has 1 amide bonds. The first-order valence-corrected chi connectivity index (χ1v) is 10.3. The topological polar surface area (TPSA) is 41.9 Å². The van der Waals surface area contributed by atoms with E-state index in [1.54, 1.807) is 0 Å². The minimum Gasteiger partial charge on any atom is -0.374 e. The zero-order valence-corrected chi connectivity index (χ0v) is 15.1. The highest BCUT2D eigenvalue weighted by molar-refractivity contribution is 6.06. The molecule has 7 rings (SSSR count). The van der Waals surface area contributed by atoms with Gasteiger partial charge < -0.3 is 9.64 Å². The third-order valence-corrected chi connectivity index (χ3v) is 7.55. The van der Waals surface area contributed by atoms with Gasteiger partial charge in [0.1, 0.15) is 0 Å². The van der Waals surface area contributed by atoms with Gasteiger partial charge in [0.2, 0.25) is 0 Å². The normalized spacial score (nSPS) is 39.7. The lowest BCUT2D eigenvalue weighted by molar-refractivity contribution is 0.0963. The average Bonchev–Trinajstić information content (AvgIpc) is 3.27. The molecule has 2 heterocycles. The summed E-state index contributed by atoms with van der Waals surface area (Å²) in [5, 5.41) is 0. The highest BCUT2D eigenvalue weighted by atomic mass is 16.5. The van der Waals surface area contributed by atoms with Gasteiger partial charge in [0.05, 0.1) is 18.8 Å². The number of rotatable bonds is 2. The number of carbonyl (C=O) groups excluding carboxylic acids is 1. The molecule has 1 aromatic carbocycles. The van der Waals surface area contributed by atoms with Crippen LogP contribution in [-0.2, 0) is 4.74 Å². The first kappa shape index (κ1) is 15.4. The Kier molecular flexibility index (Phi) is 3.35. The second-order valence-corrected chi connectivity index (χ2v) is 9.19. The summed E-state index contributed by atoms with van der Waals surface area (Å²) in [5.41, 5.74) is 3.18. The number of amides is 1. The molecule has 0 aromatic heterocycles. The number of hydrogen-bond acceptors (Lipinski definition) is 3. The van der Waals surface area contributed by atoms with Crippen molar-refractivity contribution in [3.63, 3.8) is 0 Å². The number of ether oxygens (including phenoxy) is 1. The molecule has 4 aliphatic carbocycles. The summed E-state index contributed by atoms with van der Waals surface area (Å²) in [6, 6.07) is 8.61. The van der Waals surface area contributed by atoms with E-state index in [0.717, 1.165) is 37.0 Å². The van der Waals surface area contributed by atoms with E-state index >= 15 is 0 Å². The van der Waals surface area contributed by atoms with E-state index in [9.17, 15) is 4.79 Å². The van der Waals surface area contributed by atoms with Crippen LogP contribution in [0, 0.1) is 23.7 Å². The van der Waals surface area contributed by atoms with Crippen LogP contribution in [0.1, 0.15) is 48.9 Å². The largest absolute Gasteiger partial charge is 0.374 e. The number of benzene rings is 1. The molecule has 0 N–H and O–H groups in total. The maximum absolute atomic E-state index is 12.8. The lowest BCUT2D eigenvalue weighted by Crippen LogP contribution is -2.45. The van der Waals surface area contributed by atoms with Gasteiger partial charge in [-0.25, -0.2) is 4.99 Å². The Hall–Kier alpha value is -1.68. The van der Waals surface area contributed by atoms with Crippen LogP contribution in [0.4, 0.5) is 5.69 Å². The Morgan fingerprint density at radius 1 is 0.962 bits per heavy atom. The minimum atomic E-state index is -0.0368. The number of anilines is 1. The van der Waals surface area contributed by atoms with Crippen LogP contribution in [-0.4, -0.2) is 36.9 Å². The van der Waals surface area contributed by atoms with Crippen molar-refractivity contribution in [3.05, 3.63) is 29.8 Å². The molecule has 6 fully saturated rings. The quantitative estimate of drug-likeness (QED) is 0.817. The molecule has 2 atom stereocenters. The van der Waals surface area contributed by atoms with Gasteiger partial charge in [-0.2, -0.15) is 0 Å². The fourth-order valence-electron chi connectivity index (χ4n) is 6.54. The van der Waals surface area contributed by atoms with Crippen LogP contribution in [0.3, 0.4) is 0 Å². The molecular formula is C22H26N2O2. The van der Waals surface area contributed by atoms with E-state index in [-0.39, 0.29) is 5.91 Å². The number of morpholine rings is 1. The Morgan fingerprint density at radius 3 is 2.23 bits per heavy atom. The Balaban J connectivity index is 1.21. The molecule has 4 heteroatoms. The van der Waals surface area contributed by atoms with Crippen LogP contribution in [0.25, 0.3) is 0 Å². The summed E-state index contributed by atoms with van der Waals surface area (Å²) >= 11 is 0. The summed E-state index contributed by atoms with van der Waals surface area (Å²) in [6.45, 7) is 1.82. The standard InChI is InChI=1S/C22H26N2O2/c25-22(23-21-16-6-13-5-14(8-16)9-17(21)7-13)15-1-3-18(4-2-15)24-11-20-10-19(24)12-26-20/h1-4,13-14,16-17,19-20H,5-12H2. The molecule has 2 unspecified atom stereocenters. The monoisotopic (exact) mass is 350 g/mol. The third-order valence-electron chi connectivity index (χ3n) is 7.55. The highest BCUT2D eigenvalue weighted by Crippen LogP contribution is 2.52. The zero-order chi connectivity index (χ0) is 17.3. The van der Waals surface area contributed by atoms with Crippen molar-refractivity contribution in [1.82, 2.24) is 0 Å². The van der Waals surface area contributed by atoms with E-state index < -0.39 is 0 Å². The van der Waals surface area contributed by atoms with Crippen LogP contribution in [0.15, 0.2) is 29.3 Å². The molecule has 4 saturated carbocycles. The van der Waals surface area contributed by atoms with Crippen molar-refractivity contribution in [1.29, 1.82) is 0 Å². The van der Waals surface area contributed by atoms with Gasteiger partial charge in [0.15, 0.2) is 0 Å². The molecule has 2 aliphatic heterocycles. The molecule has 26 heavy (non-hydrogen) atoms. The smallest absolute Gasteiger partial charge is 0.276 e. The summed E-state index contributed by atoms with van der Waals surface area (Å²) in [7, 11) is 0.